The summed E-state index contributed by atoms with van der Waals surface area (Å²) < 4.78 is 18.0. The van der Waals surface area contributed by atoms with Crippen LogP contribution in [0.2, 0.25) is 10.0 Å². The van der Waals surface area contributed by atoms with E-state index in [-0.39, 0.29) is 23.8 Å². The van der Waals surface area contributed by atoms with Gasteiger partial charge in [-0.1, -0.05) is 29.3 Å². The first-order valence-corrected chi connectivity index (χ1v) is 12.0. The number of ether oxygens (including phenoxy) is 3. The van der Waals surface area contributed by atoms with E-state index < -0.39 is 5.92 Å². The van der Waals surface area contributed by atoms with Crippen molar-refractivity contribution in [3.8, 4) is 17.6 Å². The van der Waals surface area contributed by atoms with Gasteiger partial charge in [-0.25, -0.2) is 0 Å². The van der Waals surface area contributed by atoms with Gasteiger partial charge in [-0.15, -0.1) is 0 Å². The molecule has 6 nitrogen and oxygen atoms in total. The second-order valence-corrected chi connectivity index (χ2v) is 9.60. The second-order valence-electron chi connectivity index (χ2n) is 7.60. The summed E-state index contributed by atoms with van der Waals surface area (Å²) in [6.45, 7) is 0.211. The summed E-state index contributed by atoms with van der Waals surface area (Å²) in [4.78, 5) is 12.8. The molecule has 0 fully saturated rings. The van der Waals surface area contributed by atoms with Gasteiger partial charge in [0.1, 0.15) is 24.0 Å². The van der Waals surface area contributed by atoms with Gasteiger partial charge in [0, 0.05) is 34.0 Å². The van der Waals surface area contributed by atoms with E-state index in [4.69, 9.17) is 43.1 Å². The highest BCUT2D eigenvalue weighted by molar-refractivity contribution is 14.1. The maximum absolute atomic E-state index is 12.8. The minimum Gasteiger partial charge on any atom is -0.493 e. The Morgan fingerprint density at radius 2 is 2.06 bits per heavy atom. The zero-order valence-electron chi connectivity index (χ0n) is 17.6. The first-order valence-electron chi connectivity index (χ1n) is 10.1. The van der Waals surface area contributed by atoms with Crippen LogP contribution >= 0.6 is 45.8 Å². The predicted molar refractivity (Wildman–Crippen MR) is 133 cm³/mol. The first kappa shape index (κ1) is 23.7. The average molecular weight is 597 g/mol. The lowest BCUT2D eigenvalue weighted by Gasteiger charge is -2.31. The Balaban J connectivity index is 1.73. The lowest BCUT2D eigenvalue weighted by molar-refractivity contribution is -0.116. The molecule has 0 bridgehead atoms. The van der Waals surface area contributed by atoms with Gasteiger partial charge in [-0.3, -0.25) is 4.79 Å². The van der Waals surface area contributed by atoms with Crippen LogP contribution in [-0.2, 0) is 16.1 Å². The van der Waals surface area contributed by atoms with Gasteiger partial charge < -0.3 is 19.9 Å². The van der Waals surface area contributed by atoms with Gasteiger partial charge >= 0.3 is 0 Å². The predicted octanol–water partition coefficient (Wildman–Crippen LogP) is 6.00. The fourth-order valence-corrected chi connectivity index (χ4v) is 5.27. The van der Waals surface area contributed by atoms with Crippen LogP contribution in [-0.4, -0.2) is 12.9 Å². The zero-order chi connectivity index (χ0) is 23.7. The van der Waals surface area contributed by atoms with Crippen molar-refractivity contribution in [3.63, 3.8) is 0 Å². The molecule has 0 radical (unpaired) electrons. The molecule has 0 saturated carbocycles. The van der Waals surface area contributed by atoms with Crippen molar-refractivity contribution in [3.05, 3.63) is 77.9 Å². The highest BCUT2D eigenvalue weighted by Gasteiger charge is 2.38. The summed E-state index contributed by atoms with van der Waals surface area (Å²) in [5.41, 5.74) is 8.24. The van der Waals surface area contributed by atoms with Crippen LogP contribution in [0.3, 0.4) is 0 Å². The smallest absolute Gasteiger partial charge is 0.205 e. The van der Waals surface area contributed by atoms with Crippen LogP contribution in [0.1, 0.15) is 36.3 Å². The number of nitrogens with zero attached hydrogens (tertiary/aromatic N) is 1. The fourth-order valence-electron chi connectivity index (χ4n) is 4.02. The largest absolute Gasteiger partial charge is 0.493 e. The quantitative estimate of drug-likeness (QED) is 0.425. The van der Waals surface area contributed by atoms with Gasteiger partial charge in [0.2, 0.25) is 5.88 Å². The number of nitriles is 1. The Morgan fingerprint density at radius 3 is 2.76 bits per heavy atom. The van der Waals surface area contributed by atoms with Gasteiger partial charge in [0.25, 0.3) is 0 Å². The third kappa shape index (κ3) is 4.65. The number of halogens is 3. The molecule has 0 saturated heterocycles. The third-order valence-electron chi connectivity index (χ3n) is 5.58. The van der Waals surface area contributed by atoms with E-state index in [0.29, 0.717) is 57.7 Å². The van der Waals surface area contributed by atoms with E-state index >= 15 is 0 Å². The second kappa shape index (κ2) is 9.84. The summed E-state index contributed by atoms with van der Waals surface area (Å²) in [7, 11) is 1.53. The summed E-state index contributed by atoms with van der Waals surface area (Å²) >= 11 is 14.4. The average Bonchev–Trinajstić information content (AvgIpc) is 2.78. The monoisotopic (exact) mass is 596 g/mol. The minimum absolute atomic E-state index is 0.0302. The highest BCUT2D eigenvalue weighted by atomic mass is 127. The number of carbonyl (C=O) groups is 1. The fraction of sp³-hybridized carbons (Fsp3) is 0.250. The Hall–Kier alpha value is -2.41. The number of methoxy groups -OCH3 is 1. The minimum atomic E-state index is -0.617. The Kier molecular flexibility index (Phi) is 7.07. The summed E-state index contributed by atoms with van der Waals surface area (Å²) in [6.07, 6.45) is 1.71. The topological polar surface area (TPSA) is 94.6 Å². The zero-order valence-corrected chi connectivity index (χ0v) is 21.3. The lowest BCUT2D eigenvalue weighted by Crippen LogP contribution is -2.27. The molecule has 0 aromatic heterocycles. The first-order chi connectivity index (χ1) is 15.8. The molecule has 1 aliphatic heterocycles. The van der Waals surface area contributed by atoms with Gasteiger partial charge in [-0.2, -0.15) is 5.26 Å². The van der Waals surface area contributed by atoms with Crippen molar-refractivity contribution in [2.75, 3.05) is 7.11 Å². The molecular weight excluding hydrogens is 578 g/mol. The number of carbonyl (C=O) groups excluding carboxylic acids is 1. The van der Waals surface area contributed by atoms with Crippen molar-refractivity contribution in [1.82, 2.24) is 0 Å². The summed E-state index contributed by atoms with van der Waals surface area (Å²) in [6, 6.07) is 11.0. The molecule has 2 aromatic carbocycles. The number of hydrogen-bond donors (Lipinski definition) is 1. The van der Waals surface area contributed by atoms with Crippen molar-refractivity contribution in [1.29, 1.82) is 5.26 Å². The standard InChI is InChI=1S/C24H19Cl2IN2O4/c1-31-20-8-13(7-17(27)23(20)32-11-12-5-6-14(25)9-16(12)26)21-15(10-28)24(29)33-19-4-2-3-18(30)22(19)21/h5-9,21H,2-4,11,29H2,1H3. The van der Waals surface area contributed by atoms with Gasteiger partial charge in [0.05, 0.1) is 16.6 Å². The Bertz CT molecular complexity index is 1250. The number of rotatable bonds is 5. The molecule has 1 aliphatic carbocycles. The van der Waals surface area contributed by atoms with Gasteiger partial charge in [0.15, 0.2) is 17.3 Å². The van der Waals surface area contributed by atoms with Crippen LogP contribution in [0.15, 0.2) is 53.1 Å². The number of benzene rings is 2. The lowest BCUT2D eigenvalue weighted by atomic mass is 9.77. The molecule has 2 aliphatic rings. The van der Waals surface area contributed by atoms with E-state index in [1.165, 1.54) is 7.11 Å². The number of allylic oxidation sites excluding steroid dienone is 3. The molecule has 4 rings (SSSR count). The molecule has 1 atom stereocenters. The van der Waals surface area contributed by atoms with E-state index in [9.17, 15) is 10.1 Å². The Labute approximate surface area is 215 Å². The molecule has 1 unspecified atom stereocenters. The molecule has 0 spiro atoms. The third-order valence-corrected chi connectivity index (χ3v) is 6.97. The van der Waals surface area contributed by atoms with Gasteiger partial charge in [-0.05, 0) is 58.8 Å². The molecule has 2 aromatic rings. The molecule has 0 amide bonds. The van der Waals surface area contributed by atoms with Crippen LogP contribution in [0.5, 0.6) is 11.5 Å². The maximum atomic E-state index is 12.8. The molecule has 9 heteroatoms. The number of Topliss-reactive ketones (excluding diaryl/α,β-unsaturated/α-hetero) is 1. The SMILES string of the molecule is COc1cc(C2C(C#N)=C(N)OC3=C2C(=O)CCC3)cc(I)c1OCc1ccc(Cl)cc1Cl. The van der Waals surface area contributed by atoms with Crippen LogP contribution in [0.4, 0.5) is 0 Å². The van der Waals surface area contributed by atoms with Crippen LogP contribution in [0, 0.1) is 14.9 Å². The summed E-state index contributed by atoms with van der Waals surface area (Å²) in [5, 5.41) is 10.8. The summed E-state index contributed by atoms with van der Waals surface area (Å²) in [5.74, 6) is 0.915. The van der Waals surface area contributed by atoms with Crippen LogP contribution < -0.4 is 15.2 Å². The molecule has 33 heavy (non-hydrogen) atoms. The van der Waals surface area contributed by atoms with E-state index in [2.05, 4.69) is 28.7 Å². The molecule has 1 heterocycles. The maximum Gasteiger partial charge on any atom is 0.205 e. The van der Waals surface area contributed by atoms with Crippen molar-refractivity contribution in [2.24, 2.45) is 5.73 Å². The van der Waals surface area contributed by atoms with Crippen LogP contribution in [0.25, 0.3) is 0 Å². The van der Waals surface area contributed by atoms with Crippen molar-refractivity contribution < 1.29 is 19.0 Å². The van der Waals surface area contributed by atoms with E-state index in [1.54, 1.807) is 24.3 Å². The van der Waals surface area contributed by atoms with E-state index in [1.807, 2.05) is 6.07 Å². The molecular formula is C24H19Cl2IN2O4. The Morgan fingerprint density at radius 1 is 1.27 bits per heavy atom. The molecule has 170 valence electrons. The number of nitrogens with two attached hydrogens (primary N) is 1. The highest BCUT2D eigenvalue weighted by Crippen LogP contribution is 2.46. The number of hydrogen-bond acceptors (Lipinski definition) is 6. The van der Waals surface area contributed by atoms with Crippen molar-refractivity contribution >= 4 is 51.6 Å². The number of ketones is 1. The van der Waals surface area contributed by atoms with Crippen molar-refractivity contribution in [2.45, 2.75) is 31.8 Å². The van der Waals surface area contributed by atoms with E-state index in [0.717, 1.165) is 9.13 Å². The molecule has 2 N–H and O–H groups in total. The normalized spacial score (nSPS) is 17.9.